The molecule has 2 N–H and O–H groups in total. The highest BCUT2D eigenvalue weighted by Crippen LogP contribution is 2.22. The molecule has 1 amide bonds. The highest BCUT2D eigenvalue weighted by atomic mass is 35.5. The number of nitrogens with one attached hydrogen (secondary N) is 2. The number of nitrogens with zero attached hydrogens (tertiary/aromatic N) is 1. The Kier molecular flexibility index (Phi) is 6.57. The maximum atomic E-state index is 11.7. The van der Waals surface area contributed by atoms with E-state index in [0.29, 0.717) is 18.2 Å². The summed E-state index contributed by atoms with van der Waals surface area (Å²) in [6, 6.07) is 7.22. The van der Waals surface area contributed by atoms with E-state index in [9.17, 15) is 4.79 Å². The molecule has 6 heteroatoms. The number of rotatable bonds is 6. The first-order valence-corrected chi connectivity index (χ1v) is 6.37. The number of nitriles is 1. The van der Waals surface area contributed by atoms with Crippen molar-refractivity contribution in [2.45, 2.75) is 6.92 Å². The first-order chi connectivity index (χ1) is 9.60. The van der Waals surface area contributed by atoms with E-state index in [-0.39, 0.29) is 5.57 Å². The quantitative estimate of drug-likeness (QED) is 0.479. The number of amides is 1. The number of hydrogen-bond acceptors (Lipinski definition) is 4. The van der Waals surface area contributed by atoms with Crippen molar-refractivity contribution in [2.24, 2.45) is 0 Å². The van der Waals surface area contributed by atoms with Gasteiger partial charge in [0.1, 0.15) is 11.6 Å². The van der Waals surface area contributed by atoms with Gasteiger partial charge in [-0.3, -0.25) is 4.79 Å². The van der Waals surface area contributed by atoms with Crippen molar-refractivity contribution in [3.63, 3.8) is 0 Å². The summed E-state index contributed by atoms with van der Waals surface area (Å²) in [5, 5.41) is 15.1. The van der Waals surface area contributed by atoms with Crippen LogP contribution in [0.5, 0.6) is 0 Å². The summed E-state index contributed by atoms with van der Waals surface area (Å²) in [5.74, 6) is -0.447. The SMILES string of the molecule is COCCNC(=O)/C(C#N)=C\Nc1cccc(Cl)c1C. The number of carbonyl (C=O) groups is 1. The van der Waals surface area contributed by atoms with Gasteiger partial charge in [-0.05, 0) is 24.6 Å². The Hall–Kier alpha value is -2.03. The molecule has 0 spiro atoms. The van der Waals surface area contributed by atoms with Crippen molar-refractivity contribution in [3.05, 3.63) is 40.6 Å². The van der Waals surface area contributed by atoms with Crippen LogP contribution in [0.15, 0.2) is 30.0 Å². The van der Waals surface area contributed by atoms with E-state index in [1.165, 1.54) is 13.3 Å². The number of benzene rings is 1. The molecule has 0 atom stereocenters. The summed E-state index contributed by atoms with van der Waals surface area (Å²) in [6.45, 7) is 2.60. The molecule has 0 heterocycles. The van der Waals surface area contributed by atoms with E-state index in [2.05, 4.69) is 10.6 Å². The Morgan fingerprint density at radius 3 is 2.95 bits per heavy atom. The number of hydrogen-bond donors (Lipinski definition) is 2. The second-order valence-corrected chi connectivity index (χ2v) is 4.38. The van der Waals surface area contributed by atoms with E-state index in [1.54, 1.807) is 12.1 Å². The van der Waals surface area contributed by atoms with Gasteiger partial charge < -0.3 is 15.4 Å². The Bertz CT molecular complexity index is 550. The van der Waals surface area contributed by atoms with Crippen LogP contribution in [0.3, 0.4) is 0 Å². The Balaban J connectivity index is 2.73. The molecule has 0 radical (unpaired) electrons. The molecule has 1 aromatic rings. The van der Waals surface area contributed by atoms with Crippen LogP contribution in [0.1, 0.15) is 5.56 Å². The lowest BCUT2D eigenvalue weighted by atomic mass is 10.2. The molecule has 106 valence electrons. The van der Waals surface area contributed by atoms with E-state index in [4.69, 9.17) is 21.6 Å². The summed E-state index contributed by atoms with van der Waals surface area (Å²) < 4.78 is 4.82. The van der Waals surface area contributed by atoms with Crippen molar-refractivity contribution in [3.8, 4) is 6.07 Å². The molecule has 20 heavy (non-hydrogen) atoms. The molecular formula is C14H16ClN3O2. The summed E-state index contributed by atoms with van der Waals surface area (Å²) in [6.07, 6.45) is 1.36. The zero-order valence-corrected chi connectivity index (χ0v) is 12.1. The van der Waals surface area contributed by atoms with Gasteiger partial charge in [0.15, 0.2) is 0 Å². The Labute approximate surface area is 123 Å². The molecule has 0 aliphatic rings. The Morgan fingerprint density at radius 1 is 1.55 bits per heavy atom. The second-order valence-electron chi connectivity index (χ2n) is 3.98. The molecule has 0 unspecified atom stereocenters. The Morgan fingerprint density at radius 2 is 2.30 bits per heavy atom. The molecule has 0 saturated heterocycles. The molecule has 0 fully saturated rings. The molecule has 0 aromatic heterocycles. The third kappa shape index (κ3) is 4.57. The minimum Gasteiger partial charge on any atom is -0.383 e. The van der Waals surface area contributed by atoms with Gasteiger partial charge in [0, 0.05) is 30.6 Å². The third-order valence-corrected chi connectivity index (χ3v) is 3.01. The van der Waals surface area contributed by atoms with Crippen molar-refractivity contribution in [2.75, 3.05) is 25.6 Å². The molecule has 0 bridgehead atoms. The van der Waals surface area contributed by atoms with Crippen LogP contribution in [0.4, 0.5) is 5.69 Å². The molecule has 0 aliphatic heterocycles. The van der Waals surface area contributed by atoms with Crippen LogP contribution in [0.25, 0.3) is 0 Å². The number of carbonyl (C=O) groups excluding carboxylic acids is 1. The van der Waals surface area contributed by atoms with Gasteiger partial charge in [-0.15, -0.1) is 0 Å². The summed E-state index contributed by atoms with van der Waals surface area (Å²) in [4.78, 5) is 11.7. The van der Waals surface area contributed by atoms with Gasteiger partial charge in [-0.25, -0.2) is 0 Å². The first-order valence-electron chi connectivity index (χ1n) is 5.99. The van der Waals surface area contributed by atoms with E-state index in [1.807, 2.05) is 19.1 Å². The molecule has 0 aliphatic carbocycles. The smallest absolute Gasteiger partial charge is 0.263 e. The normalized spacial score (nSPS) is 10.8. The lowest BCUT2D eigenvalue weighted by Crippen LogP contribution is -2.28. The van der Waals surface area contributed by atoms with Crippen molar-refractivity contribution in [1.29, 1.82) is 5.26 Å². The van der Waals surface area contributed by atoms with Crippen LogP contribution in [-0.4, -0.2) is 26.2 Å². The van der Waals surface area contributed by atoms with Gasteiger partial charge >= 0.3 is 0 Å². The van der Waals surface area contributed by atoms with Gasteiger partial charge in [0.2, 0.25) is 0 Å². The fourth-order valence-electron chi connectivity index (χ4n) is 1.42. The summed E-state index contributed by atoms with van der Waals surface area (Å²) in [7, 11) is 1.54. The summed E-state index contributed by atoms with van der Waals surface area (Å²) in [5.41, 5.74) is 1.58. The maximum Gasteiger partial charge on any atom is 0.263 e. The van der Waals surface area contributed by atoms with E-state index in [0.717, 1.165) is 11.3 Å². The number of halogens is 1. The molecular weight excluding hydrogens is 278 g/mol. The van der Waals surface area contributed by atoms with Gasteiger partial charge in [0.25, 0.3) is 5.91 Å². The largest absolute Gasteiger partial charge is 0.383 e. The highest BCUT2D eigenvalue weighted by molar-refractivity contribution is 6.31. The van der Waals surface area contributed by atoms with E-state index < -0.39 is 5.91 Å². The predicted molar refractivity (Wildman–Crippen MR) is 78.4 cm³/mol. The minimum atomic E-state index is -0.447. The van der Waals surface area contributed by atoms with Crippen molar-refractivity contribution >= 4 is 23.2 Å². The number of methoxy groups -OCH3 is 1. The van der Waals surface area contributed by atoms with E-state index >= 15 is 0 Å². The monoisotopic (exact) mass is 293 g/mol. The predicted octanol–water partition coefficient (Wildman–Crippen LogP) is 2.23. The molecule has 1 aromatic carbocycles. The maximum absolute atomic E-state index is 11.7. The fourth-order valence-corrected chi connectivity index (χ4v) is 1.60. The van der Waals surface area contributed by atoms with Crippen LogP contribution < -0.4 is 10.6 Å². The van der Waals surface area contributed by atoms with Crippen LogP contribution >= 0.6 is 11.6 Å². The number of ether oxygens (including phenoxy) is 1. The third-order valence-electron chi connectivity index (χ3n) is 2.60. The van der Waals surface area contributed by atoms with Crippen molar-refractivity contribution in [1.82, 2.24) is 5.32 Å². The van der Waals surface area contributed by atoms with Crippen molar-refractivity contribution < 1.29 is 9.53 Å². The average Bonchev–Trinajstić information content (AvgIpc) is 2.44. The van der Waals surface area contributed by atoms with Gasteiger partial charge in [-0.2, -0.15) is 5.26 Å². The van der Waals surface area contributed by atoms with Gasteiger partial charge in [-0.1, -0.05) is 17.7 Å². The molecule has 5 nitrogen and oxygen atoms in total. The summed E-state index contributed by atoms with van der Waals surface area (Å²) >= 11 is 5.99. The standard InChI is InChI=1S/C14H16ClN3O2/c1-10-12(15)4-3-5-13(10)18-9-11(8-16)14(19)17-6-7-20-2/h3-5,9,18H,6-7H2,1-2H3,(H,17,19)/b11-9-. The van der Waals surface area contributed by atoms with Gasteiger partial charge in [0.05, 0.1) is 6.61 Å². The lowest BCUT2D eigenvalue weighted by Gasteiger charge is -2.08. The fraction of sp³-hybridized carbons (Fsp3) is 0.286. The van der Waals surface area contributed by atoms with Crippen LogP contribution in [0.2, 0.25) is 5.02 Å². The first kappa shape index (κ1) is 16.0. The second kappa shape index (κ2) is 8.20. The molecule has 1 rings (SSSR count). The number of anilines is 1. The average molecular weight is 294 g/mol. The topological polar surface area (TPSA) is 74.1 Å². The molecule has 0 saturated carbocycles. The van der Waals surface area contributed by atoms with Crippen LogP contribution in [0, 0.1) is 18.3 Å². The lowest BCUT2D eigenvalue weighted by molar-refractivity contribution is -0.117. The highest BCUT2D eigenvalue weighted by Gasteiger charge is 2.08. The minimum absolute atomic E-state index is 0.0134. The van der Waals surface area contributed by atoms with Crippen LogP contribution in [-0.2, 0) is 9.53 Å². The zero-order valence-electron chi connectivity index (χ0n) is 11.4. The zero-order chi connectivity index (χ0) is 15.0.